The van der Waals surface area contributed by atoms with Crippen molar-refractivity contribution in [1.82, 2.24) is 5.32 Å². The molecule has 0 radical (unpaired) electrons. The van der Waals surface area contributed by atoms with Gasteiger partial charge in [-0.05, 0) is 50.4 Å². The zero-order chi connectivity index (χ0) is 15.0. The van der Waals surface area contributed by atoms with Crippen LogP contribution in [0.1, 0.15) is 31.7 Å². The summed E-state index contributed by atoms with van der Waals surface area (Å²) in [6, 6.07) is 8.06. The molecular formula is C15H22F3NO. The van der Waals surface area contributed by atoms with Crippen molar-refractivity contribution in [3.8, 4) is 5.75 Å². The molecule has 0 aromatic heterocycles. The number of hydrogen-bond donors (Lipinski definition) is 1. The van der Waals surface area contributed by atoms with Crippen molar-refractivity contribution in [2.45, 2.75) is 44.8 Å². The monoisotopic (exact) mass is 289 g/mol. The Hall–Kier alpha value is -1.23. The van der Waals surface area contributed by atoms with Crippen LogP contribution >= 0.6 is 0 Å². The number of ether oxygens (including phenoxy) is 1. The van der Waals surface area contributed by atoms with Gasteiger partial charge in [-0.3, -0.25) is 0 Å². The van der Waals surface area contributed by atoms with Gasteiger partial charge in [0.2, 0.25) is 0 Å². The topological polar surface area (TPSA) is 21.3 Å². The van der Waals surface area contributed by atoms with Gasteiger partial charge in [-0.2, -0.15) is 13.2 Å². The third kappa shape index (κ3) is 7.38. The molecule has 0 spiro atoms. The maximum absolute atomic E-state index is 12.0. The molecule has 1 unspecified atom stereocenters. The second kappa shape index (κ2) is 8.15. The van der Waals surface area contributed by atoms with Crippen molar-refractivity contribution < 1.29 is 17.9 Å². The van der Waals surface area contributed by atoms with Gasteiger partial charge in [-0.25, -0.2) is 0 Å². The third-order valence-corrected chi connectivity index (χ3v) is 3.15. The molecule has 0 saturated heterocycles. The SMILES string of the molecule is COc1ccc(CCC(C)NCCCC(F)(F)F)cc1. The van der Waals surface area contributed by atoms with E-state index in [-0.39, 0.29) is 12.5 Å². The fraction of sp³-hybridized carbons (Fsp3) is 0.600. The molecular weight excluding hydrogens is 267 g/mol. The summed E-state index contributed by atoms with van der Waals surface area (Å²) in [5.74, 6) is 0.826. The van der Waals surface area contributed by atoms with Gasteiger partial charge in [-0.1, -0.05) is 12.1 Å². The molecule has 1 atom stereocenters. The van der Waals surface area contributed by atoms with Crippen LogP contribution in [-0.2, 0) is 6.42 Å². The molecule has 0 aliphatic carbocycles. The van der Waals surface area contributed by atoms with Gasteiger partial charge in [0.1, 0.15) is 5.75 Å². The predicted molar refractivity (Wildman–Crippen MR) is 74.1 cm³/mol. The predicted octanol–water partition coefficient (Wildman–Crippen LogP) is 3.95. The van der Waals surface area contributed by atoms with Crippen molar-refractivity contribution in [2.75, 3.05) is 13.7 Å². The largest absolute Gasteiger partial charge is 0.497 e. The summed E-state index contributed by atoms with van der Waals surface area (Å²) in [4.78, 5) is 0. The van der Waals surface area contributed by atoms with Crippen LogP contribution in [0.25, 0.3) is 0 Å². The lowest BCUT2D eigenvalue weighted by Crippen LogP contribution is -2.28. The Kier molecular flexibility index (Phi) is 6.85. The second-order valence-electron chi connectivity index (χ2n) is 4.96. The van der Waals surface area contributed by atoms with E-state index in [2.05, 4.69) is 5.32 Å². The fourth-order valence-corrected chi connectivity index (χ4v) is 1.91. The van der Waals surface area contributed by atoms with Crippen LogP contribution in [0.3, 0.4) is 0 Å². The Balaban J connectivity index is 2.17. The van der Waals surface area contributed by atoms with Crippen LogP contribution in [0.4, 0.5) is 13.2 Å². The summed E-state index contributed by atoms with van der Waals surface area (Å²) in [5.41, 5.74) is 1.20. The normalized spacial score (nSPS) is 13.2. The van der Waals surface area contributed by atoms with Gasteiger partial charge in [-0.15, -0.1) is 0 Å². The minimum Gasteiger partial charge on any atom is -0.497 e. The molecule has 5 heteroatoms. The van der Waals surface area contributed by atoms with Gasteiger partial charge in [0, 0.05) is 12.5 Å². The van der Waals surface area contributed by atoms with Gasteiger partial charge < -0.3 is 10.1 Å². The lowest BCUT2D eigenvalue weighted by Gasteiger charge is -2.14. The molecule has 0 aliphatic rings. The summed E-state index contributed by atoms with van der Waals surface area (Å²) in [6.45, 7) is 2.40. The van der Waals surface area contributed by atoms with E-state index in [0.29, 0.717) is 6.54 Å². The first-order chi connectivity index (χ1) is 9.40. The van der Waals surface area contributed by atoms with E-state index in [9.17, 15) is 13.2 Å². The number of methoxy groups -OCH3 is 1. The van der Waals surface area contributed by atoms with Crippen LogP contribution in [0.15, 0.2) is 24.3 Å². The molecule has 1 N–H and O–H groups in total. The van der Waals surface area contributed by atoms with Crippen LogP contribution in [0, 0.1) is 0 Å². The summed E-state index contributed by atoms with van der Waals surface area (Å²) in [6.07, 6.45) is -2.83. The number of benzene rings is 1. The molecule has 0 fully saturated rings. The zero-order valence-corrected chi connectivity index (χ0v) is 12.0. The molecule has 0 aliphatic heterocycles. The highest BCUT2D eigenvalue weighted by Crippen LogP contribution is 2.20. The van der Waals surface area contributed by atoms with Crippen LogP contribution < -0.4 is 10.1 Å². The van der Waals surface area contributed by atoms with Crippen molar-refractivity contribution in [3.63, 3.8) is 0 Å². The highest BCUT2D eigenvalue weighted by Gasteiger charge is 2.25. The molecule has 1 rings (SSSR count). The Bertz CT molecular complexity index is 376. The third-order valence-electron chi connectivity index (χ3n) is 3.15. The van der Waals surface area contributed by atoms with E-state index in [1.165, 1.54) is 5.56 Å². The Morgan fingerprint density at radius 2 is 1.85 bits per heavy atom. The number of aryl methyl sites for hydroxylation is 1. The first-order valence-electron chi connectivity index (χ1n) is 6.84. The molecule has 20 heavy (non-hydrogen) atoms. The zero-order valence-electron chi connectivity index (χ0n) is 12.0. The minimum atomic E-state index is -4.05. The van der Waals surface area contributed by atoms with Gasteiger partial charge >= 0.3 is 6.18 Å². The molecule has 2 nitrogen and oxygen atoms in total. The van der Waals surface area contributed by atoms with Crippen molar-refractivity contribution in [1.29, 1.82) is 0 Å². The molecule has 1 aromatic carbocycles. The maximum atomic E-state index is 12.0. The smallest absolute Gasteiger partial charge is 0.389 e. The minimum absolute atomic E-state index is 0.135. The quantitative estimate of drug-likeness (QED) is 0.732. The molecule has 0 heterocycles. The molecule has 0 saturated carbocycles. The van der Waals surface area contributed by atoms with E-state index < -0.39 is 12.6 Å². The fourth-order valence-electron chi connectivity index (χ4n) is 1.91. The number of nitrogens with one attached hydrogen (secondary N) is 1. The Morgan fingerprint density at radius 1 is 1.20 bits per heavy atom. The van der Waals surface area contributed by atoms with E-state index >= 15 is 0 Å². The highest BCUT2D eigenvalue weighted by molar-refractivity contribution is 5.27. The van der Waals surface area contributed by atoms with Gasteiger partial charge in [0.05, 0.1) is 7.11 Å². The summed E-state index contributed by atoms with van der Waals surface area (Å²) < 4.78 is 41.0. The lowest BCUT2D eigenvalue weighted by molar-refractivity contribution is -0.135. The summed E-state index contributed by atoms with van der Waals surface area (Å²) in [5, 5.41) is 3.12. The van der Waals surface area contributed by atoms with E-state index in [4.69, 9.17) is 4.74 Å². The molecule has 0 bridgehead atoms. The number of rotatable bonds is 8. The summed E-state index contributed by atoms with van der Waals surface area (Å²) >= 11 is 0. The van der Waals surface area contributed by atoms with Gasteiger partial charge in [0.15, 0.2) is 0 Å². The van der Waals surface area contributed by atoms with Crippen molar-refractivity contribution in [3.05, 3.63) is 29.8 Å². The van der Waals surface area contributed by atoms with Crippen LogP contribution in [0.5, 0.6) is 5.75 Å². The molecule has 1 aromatic rings. The van der Waals surface area contributed by atoms with E-state index in [0.717, 1.165) is 18.6 Å². The van der Waals surface area contributed by atoms with E-state index in [1.54, 1.807) is 7.11 Å². The molecule has 0 amide bonds. The number of halogens is 3. The number of alkyl halides is 3. The lowest BCUT2D eigenvalue weighted by atomic mass is 10.1. The highest BCUT2D eigenvalue weighted by atomic mass is 19.4. The van der Waals surface area contributed by atoms with Crippen molar-refractivity contribution in [2.24, 2.45) is 0 Å². The van der Waals surface area contributed by atoms with Gasteiger partial charge in [0.25, 0.3) is 0 Å². The molecule has 114 valence electrons. The maximum Gasteiger partial charge on any atom is 0.389 e. The average molecular weight is 289 g/mol. The first kappa shape index (κ1) is 16.8. The van der Waals surface area contributed by atoms with E-state index in [1.807, 2.05) is 31.2 Å². The van der Waals surface area contributed by atoms with Crippen molar-refractivity contribution >= 4 is 0 Å². The average Bonchev–Trinajstić information content (AvgIpc) is 2.41. The Labute approximate surface area is 118 Å². The first-order valence-corrected chi connectivity index (χ1v) is 6.84. The van der Waals surface area contributed by atoms with Crippen LogP contribution in [-0.4, -0.2) is 25.9 Å². The number of hydrogen-bond acceptors (Lipinski definition) is 2. The van der Waals surface area contributed by atoms with Crippen LogP contribution in [0.2, 0.25) is 0 Å². The Morgan fingerprint density at radius 3 is 2.40 bits per heavy atom. The standard InChI is InChI=1S/C15H22F3NO/c1-12(19-11-3-10-15(16,17)18)4-5-13-6-8-14(20-2)9-7-13/h6-9,12,19H,3-5,10-11H2,1-2H3. The second-order valence-corrected chi connectivity index (χ2v) is 4.96. The summed E-state index contributed by atoms with van der Waals surface area (Å²) in [7, 11) is 1.63.